The summed E-state index contributed by atoms with van der Waals surface area (Å²) in [5, 5.41) is 14.0. The second kappa shape index (κ2) is 4.39. The molecule has 80 valence electrons. The minimum atomic E-state index is 0.660. The molecule has 0 bridgehead atoms. The van der Waals surface area contributed by atoms with E-state index in [0.717, 1.165) is 23.1 Å². The fourth-order valence-electron chi connectivity index (χ4n) is 1.17. The lowest BCUT2D eigenvalue weighted by Gasteiger charge is -2.00. The molecule has 0 aliphatic rings. The second-order valence-electron chi connectivity index (χ2n) is 3.21. The Morgan fingerprint density at radius 2 is 2.40 bits per heavy atom. The van der Waals surface area contributed by atoms with Crippen LogP contribution >= 0.6 is 11.3 Å². The molecule has 1 N–H and O–H groups in total. The number of hydrogen-bond donors (Lipinski definition) is 1. The van der Waals surface area contributed by atoms with Crippen LogP contribution in [0.5, 0.6) is 0 Å². The second-order valence-corrected chi connectivity index (χ2v) is 4.07. The Kier molecular flexibility index (Phi) is 2.96. The molecule has 2 heterocycles. The maximum atomic E-state index is 4.41. The summed E-state index contributed by atoms with van der Waals surface area (Å²) >= 11 is 1.62. The van der Waals surface area contributed by atoms with Gasteiger partial charge < -0.3 is 9.88 Å². The lowest BCUT2D eigenvalue weighted by Crippen LogP contribution is -2.05. The van der Waals surface area contributed by atoms with E-state index in [0.29, 0.717) is 6.54 Å². The number of thiazole rings is 1. The number of aromatic nitrogens is 4. The van der Waals surface area contributed by atoms with Crippen molar-refractivity contribution < 1.29 is 0 Å². The molecule has 5 nitrogen and oxygen atoms in total. The van der Waals surface area contributed by atoms with Gasteiger partial charge in [0.25, 0.3) is 0 Å². The lowest BCUT2D eigenvalue weighted by molar-refractivity contribution is 0.811. The number of rotatable bonds is 4. The van der Waals surface area contributed by atoms with Crippen LogP contribution in [0.3, 0.4) is 0 Å². The average molecular weight is 223 g/mol. The highest BCUT2D eigenvalue weighted by Crippen LogP contribution is 2.16. The van der Waals surface area contributed by atoms with Crippen molar-refractivity contribution in [2.45, 2.75) is 19.9 Å². The van der Waals surface area contributed by atoms with E-state index in [2.05, 4.69) is 32.8 Å². The van der Waals surface area contributed by atoms with E-state index in [-0.39, 0.29) is 0 Å². The summed E-state index contributed by atoms with van der Waals surface area (Å²) in [5.41, 5.74) is 1.13. The molecule has 2 aromatic rings. The van der Waals surface area contributed by atoms with Crippen molar-refractivity contribution in [1.82, 2.24) is 19.7 Å². The van der Waals surface area contributed by atoms with E-state index in [9.17, 15) is 0 Å². The molecule has 6 heteroatoms. The Morgan fingerprint density at radius 1 is 1.53 bits per heavy atom. The molecule has 0 unspecified atom stereocenters. The molecule has 15 heavy (non-hydrogen) atoms. The van der Waals surface area contributed by atoms with Crippen molar-refractivity contribution >= 4 is 16.5 Å². The predicted octanol–water partition coefficient (Wildman–Crippen LogP) is 1.45. The monoisotopic (exact) mass is 223 g/mol. The smallest absolute Gasteiger partial charge is 0.183 e. The maximum Gasteiger partial charge on any atom is 0.183 e. The summed E-state index contributed by atoms with van der Waals surface area (Å²) in [6.45, 7) is 2.76. The van der Waals surface area contributed by atoms with E-state index in [1.165, 1.54) is 0 Å². The normalized spacial score (nSPS) is 10.5. The third-order valence-corrected chi connectivity index (χ3v) is 2.97. The van der Waals surface area contributed by atoms with Crippen molar-refractivity contribution in [1.29, 1.82) is 0 Å². The third-order valence-electron chi connectivity index (χ3n) is 2.12. The van der Waals surface area contributed by atoms with Crippen LogP contribution in [0.4, 0.5) is 5.13 Å². The van der Waals surface area contributed by atoms with Crippen molar-refractivity contribution in [2.75, 3.05) is 5.32 Å². The number of aryl methyl sites for hydroxylation is 2. The fourth-order valence-corrected chi connectivity index (χ4v) is 1.96. The minimum Gasteiger partial charge on any atom is -0.354 e. The molecule has 0 amide bonds. The van der Waals surface area contributed by atoms with Crippen LogP contribution < -0.4 is 5.32 Å². The first kappa shape index (κ1) is 10.1. The molecular weight excluding hydrogens is 210 g/mol. The SMILES string of the molecule is CCc1csc(NCc2nncn2C)n1. The molecule has 0 aliphatic heterocycles. The van der Waals surface area contributed by atoms with Crippen molar-refractivity contribution in [2.24, 2.45) is 7.05 Å². The van der Waals surface area contributed by atoms with E-state index in [1.807, 2.05) is 11.6 Å². The van der Waals surface area contributed by atoms with E-state index >= 15 is 0 Å². The lowest BCUT2D eigenvalue weighted by atomic mass is 10.4. The van der Waals surface area contributed by atoms with Gasteiger partial charge in [-0.1, -0.05) is 6.92 Å². The number of hydrogen-bond acceptors (Lipinski definition) is 5. The van der Waals surface area contributed by atoms with Crippen LogP contribution in [0.1, 0.15) is 18.4 Å². The number of nitrogens with one attached hydrogen (secondary N) is 1. The number of anilines is 1. The van der Waals surface area contributed by atoms with Crippen LogP contribution in [-0.4, -0.2) is 19.7 Å². The van der Waals surface area contributed by atoms with Gasteiger partial charge in [0.2, 0.25) is 0 Å². The molecule has 0 fully saturated rings. The summed E-state index contributed by atoms with van der Waals surface area (Å²) in [6.07, 6.45) is 2.67. The van der Waals surface area contributed by atoms with Crippen LogP contribution in [0.25, 0.3) is 0 Å². The summed E-state index contributed by atoms with van der Waals surface area (Å²) in [7, 11) is 1.93. The first-order valence-electron chi connectivity index (χ1n) is 4.80. The Morgan fingerprint density at radius 3 is 3.00 bits per heavy atom. The fraction of sp³-hybridized carbons (Fsp3) is 0.444. The van der Waals surface area contributed by atoms with Crippen LogP contribution in [0, 0.1) is 0 Å². The zero-order valence-corrected chi connectivity index (χ0v) is 9.58. The summed E-state index contributed by atoms with van der Waals surface area (Å²) in [5.74, 6) is 0.906. The maximum absolute atomic E-state index is 4.41. The standard InChI is InChI=1S/C9H13N5S/c1-3-7-5-15-9(12-7)10-4-8-13-11-6-14(8)2/h5-6H,3-4H2,1-2H3,(H,10,12). The molecular formula is C9H13N5S. The molecule has 0 saturated carbocycles. The van der Waals surface area contributed by atoms with Gasteiger partial charge in [-0.3, -0.25) is 0 Å². The molecule has 0 spiro atoms. The van der Waals surface area contributed by atoms with Crippen LogP contribution in [0.2, 0.25) is 0 Å². The van der Waals surface area contributed by atoms with Crippen LogP contribution in [-0.2, 0) is 20.0 Å². The van der Waals surface area contributed by atoms with Gasteiger partial charge in [0.05, 0.1) is 12.2 Å². The highest BCUT2D eigenvalue weighted by molar-refractivity contribution is 7.13. The number of nitrogens with zero attached hydrogens (tertiary/aromatic N) is 4. The van der Waals surface area contributed by atoms with Gasteiger partial charge in [0.15, 0.2) is 11.0 Å². The van der Waals surface area contributed by atoms with Gasteiger partial charge in [-0.05, 0) is 6.42 Å². The van der Waals surface area contributed by atoms with Gasteiger partial charge in [-0.15, -0.1) is 21.5 Å². The van der Waals surface area contributed by atoms with Crippen molar-refractivity contribution in [3.05, 3.63) is 23.2 Å². The molecule has 0 atom stereocenters. The molecule has 0 radical (unpaired) electrons. The highest BCUT2D eigenvalue weighted by atomic mass is 32.1. The Hall–Kier alpha value is -1.43. The Balaban J connectivity index is 1.96. The topological polar surface area (TPSA) is 55.6 Å². The van der Waals surface area contributed by atoms with E-state index < -0.39 is 0 Å². The molecule has 2 rings (SSSR count). The zero-order chi connectivity index (χ0) is 10.7. The summed E-state index contributed by atoms with van der Waals surface area (Å²) in [4.78, 5) is 4.41. The third kappa shape index (κ3) is 2.33. The van der Waals surface area contributed by atoms with Gasteiger partial charge in [-0.25, -0.2) is 4.98 Å². The van der Waals surface area contributed by atoms with Gasteiger partial charge >= 0.3 is 0 Å². The highest BCUT2D eigenvalue weighted by Gasteiger charge is 2.02. The van der Waals surface area contributed by atoms with Crippen LogP contribution in [0.15, 0.2) is 11.7 Å². The van der Waals surface area contributed by atoms with E-state index in [1.54, 1.807) is 17.7 Å². The minimum absolute atomic E-state index is 0.660. The Bertz CT molecular complexity index is 433. The van der Waals surface area contributed by atoms with Gasteiger partial charge in [-0.2, -0.15) is 0 Å². The first-order valence-corrected chi connectivity index (χ1v) is 5.68. The summed E-state index contributed by atoms with van der Waals surface area (Å²) < 4.78 is 1.89. The quantitative estimate of drug-likeness (QED) is 0.852. The molecule has 0 aliphatic carbocycles. The van der Waals surface area contributed by atoms with Crippen molar-refractivity contribution in [3.63, 3.8) is 0 Å². The summed E-state index contributed by atoms with van der Waals surface area (Å²) in [6, 6.07) is 0. The van der Waals surface area contributed by atoms with Gasteiger partial charge in [0.1, 0.15) is 6.33 Å². The Labute approximate surface area is 92.2 Å². The zero-order valence-electron chi connectivity index (χ0n) is 8.77. The predicted molar refractivity (Wildman–Crippen MR) is 59.8 cm³/mol. The van der Waals surface area contributed by atoms with Gasteiger partial charge in [0, 0.05) is 12.4 Å². The molecule has 0 aromatic carbocycles. The average Bonchev–Trinajstić information content (AvgIpc) is 2.84. The molecule has 2 aromatic heterocycles. The largest absolute Gasteiger partial charge is 0.354 e. The first-order chi connectivity index (χ1) is 7.29. The molecule has 0 saturated heterocycles. The van der Waals surface area contributed by atoms with E-state index in [4.69, 9.17) is 0 Å². The van der Waals surface area contributed by atoms with Crippen molar-refractivity contribution in [3.8, 4) is 0 Å².